The zero-order valence-electron chi connectivity index (χ0n) is 23.6. The van der Waals surface area contributed by atoms with Crippen molar-refractivity contribution in [2.75, 3.05) is 19.7 Å². The lowest BCUT2D eigenvalue weighted by molar-refractivity contribution is -0.190. The number of hydrogen-bond acceptors (Lipinski definition) is 7. The molecule has 1 aliphatic carbocycles. The number of halogens is 1. The summed E-state index contributed by atoms with van der Waals surface area (Å²) in [5.41, 5.74) is 0.876. The summed E-state index contributed by atoms with van der Waals surface area (Å²) >= 11 is 2.18. The van der Waals surface area contributed by atoms with Gasteiger partial charge < -0.3 is 30.0 Å². The third-order valence-corrected chi connectivity index (χ3v) is 7.92. The first-order valence-electron chi connectivity index (χ1n) is 14.5. The number of unbranched alkanes of at least 4 members (excludes halogenated alkanes) is 4. The van der Waals surface area contributed by atoms with Gasteiger partial charge in [-0.3, -0.25) is 9.59 Å². The van der Waals surface area contributed by atoms with Gasteiger partial charge in [-0.2, -0.15) is 0 Å². The van der Waals surface area contributed by atoms with E-state index in [0.29, 0.717) is 11.1 Å². The molecule has 3 rings (SSSR count). The fourth-order valence-electron chi connectivity index (χ4n) is 5.08. The fraction of sp³-hybridized carbons (Fsp3) is 0.633. The van der Waals surface area contributed by atoms with Gasteiger partial charge in [0.05, 0.1) is 12.2 Å². The Morgan fingerprint density at radius 2 is 1.68 bits per heavy atom. The van der Waals surface area contributed by atoms with E-state index in [1.165, 1.54) is 0 Å². The first-order valence-corrected chi connectivity index (χ1v) is 15.6. The molecular weight excluding hydrogens is 627 g/mol. The number of benzene rings is 1. The summed E-state index contributed by atoms with van der Waals surface area (Å²) in [5, 5.41) is 14.2. The van der Waals surface area contributed by atoms with Crippen LogP contribution in [-0.4, -0.2) is 66.7 Å². The molecule has 0 spiro atoms. The van der Waals surface area contributed by atoms with Gasteiger partial charge in [0, 0.05) is 47.9 Å². The molecule has 40 heavy (non-hydrogen) atoms. The summed E-state index contributed by atoms with van der Waals surface area (Å²) in [6.45, 7) is 4.48. The number of fused-ring (bicyclic) bond motifs is 1. The maximum absolute atomic E-state index is 13.1. The summed E-state index contributed by atoms with van der Waals surface area (Å²) in [6, 6.07) is 7.14. The molecule has 0 saturated carbocycles. The van der Waals surface area contributed by atoms with Gasteiger partial charge in [-0.25, -0.2) is 4.79 Å². The number of nitrogens with one attached hydrogen (secondary N) is 2. The van der Waals surface area contributed by atoms with Crippen molar-refractivity contribution in [3.63, 3.8) is 0 Å². The van der Waals surface area contributed by atoms with Crippen LogP contribution in [0.25, 0.3) is 0 Å². The van der Waals surface area contributed by atoms with Gasteiger partial charge in [0.1, 0.15) is 18.3 Å². The molecule has 3 atom stereocenters. The SMILES string of the molecule is CCCCCC1(CCCCC)O[C@@H]2[C@@H](C=C(C(=O)NCCC(=O)NCCO)C[C@H]2OC(=O)c2ccc(I)cc2)O1. The highest BCUT2D eigenvalue weighted by atomic mass is 127. The molecule has 9 nitrogen and oxygen atoms in total. The van der Waals surface area contributed by atoms with Crippen LogP contribution in [0.1, 0.15) is 88.4 Å². The smallest absolute Gasteiger partial charge is 0.338 e. The summed E-state index contributed by atoms with van der Waals surface area (Å²) < 4.78 is 20.2. The number of carbonyl (C=O) groups excluding carboxylic acids is 3. The quantitative estimate of drug-likeness (QED) is 0.135. The number of esters is 1. The van der Waals surface area contributed by atoms with Crippen LogP contribution in [0.3, 0.4) is 0 Å². The van der Waals surface area contributed by atoms with Gasteiger partial charge in [0.25, 0.3) is 0 Å². The number of amides is 2. The molecule has 1 heterocycles. The second-order valence-corrected chi connectivity index (χ2v) is 11.7. The van der Waals surface area contributed by atoms with Gasteiger partial charge in [-0.05, 0) is 65.8 Å². The topological polar surface area (TPSA) is 123 Å². The average Bonchev–Trinajstić information content (AvgIpc) is 3.31. The third kappa shape index (κ3) is 9.53. The zero-order chi connectivity index (χ0) is 29.0. The van der Waals surface area contributed by atoms with Gasteiger partial charge in [-0.15, -0.1) is 0 Å². The largest absolute Gasteiger partial charge is 0.456 e. The normalized spacial score (nSPS) is 21.3. The number of carbonyl (C=O) groups is 3. The average molecular weight is 671 g/mol. The van der Waals surface area contributed by atoms with E-state index < -0.39 is 30.1 Å². The Morgan fingerprint density at radius 1 is 1.00 bits per heavy atom. The van der Waals surface area contributed by atoms with Crippen LogP contribution in [0.2, 0.25) is 0 Å². The van der Waals surface area contributed by atoms with E-state index in [0.717, 1.165) is 54.9 Å². The van der Waals surface area contributed by atoms with Crippen molar-refractivity contribution in [1.82, 2.24) is 10.6 Å². The number of rotatable bonds is 16. The molecular formula is C30H43IN2O7. The van der Waals surface area contributed by atoms with E-state index in [4.69, 9.17) is 19.3 Å². The molecule has 0 unspecified atom stereocenters. The molecule has 1 aromatic carbocycles. The molecule has 1 saturated heterocycles. The van der Waals surface area contributed by atoms with Crippen LogP contribution in [-0.2, 0) is 23.8 Å². The first-order chi connectivity index (χ1) is 19.3. The number of aliphatic hydroxyl groups is 1. The summed E-state index contributed by atoms with van der Waals surface area (Å²) in [6.07, 6.45) is 8.03. The molecule has 222 valence electrons. The molecule has 2 amide bonds. The monoisotopic (exact) mass is 670 g/mol. The number of ether oxygens (including phenoxy) is 3. The number of aliphatic hydroxyl groups excluding tert-OH is 1. The van der Waals surface area contributed by atoms with Crippen molar-refractivity contribution in [3.05, 3.63) is 45.0 Å². The van der Waals surface area contributed by atoms with Crippen molar-refractivity contribution < 1.29 is 33.7 Å². The van der Waals surface area contributed by atoms with E-state index in [1.54, 1.807) is 18.2 Å². The number of hydrogen-bond donors (Lipinski definition) is 3. The molecule has 0 radical (unpaired) electrons. The van der Waals surface area contributed by atoms with Crippen LogP contribution < -0.4 is 10.6 Å². The third-order valence-electron chi connectivity index (χ3n) is 7.20. The van der Waals surface area contributed by atoms with Crippen LogP contribution in [0.15, 0.2) is 35.9 Å². The highest BCUT2D eigenvalue weighted by Crippen LogP contribution is 2.43. The van der Waals surface area contributed by atoms with Gasteiger partial charge in [0.15, 0.2) is 5.79 Å². The van der Waals surface area contributed by atoms with Crippen LogP contribution in [0, 0.1) is 3.57 Å². The molecule has 10 heteroatoms. The van der Waals surface area contributed by atoms with E-state index in [9.17, 15) is 14.4 Å². The first kappa shape index (κ1) is 32.5. The van der Waals surface area contributed by atoms with Crippen molar-refractivity contribution in [1.29, 1.82) is 0 Å². The van der Waals surface area contributed by atoms with Crippen molar-refractivity contribution in [2.45, 2.75) is 102 Å². The van der Waals surface area contributed by atoms with E-state index >= 15 is 0 Å². The Morgan fingerprint density at radius 3 is 2.30 bits per heavy atom. The van der Waals surface area contributed by atoms with E-state index in [2.05, 4.69) is 47.1 Å². The maximum Gasteiger partial charge on any atom is 0.338 e. The minimum atomic E-state index is -0.777. The Labute approximate surface area is 250 Å². The molecule has 0 aromatic heterocycles. The lowest BCUT2D eigenvalue weighted by Crippen LogP contribution is -2.44. The zero-order valence-corrected chi connectivity index (χ0v) is 25.7. The van der Waals surface area contributed by atoms with Gasteiger partial charge in [-0.1, -0.05) is 39.5 Å². The standard InChI is InChI=1S/C30H43IN2O7/c1-3-5-7-14-30(15-8-6-4-2)39-25-20-22(28(36)33-16-13-26(35)32-17-18-34)19-24(27(25)40-30)38-29(37)21-9-11-23(31)12-10-21/h9-12,20,24-25,27,34H,3-8,13-19H2,1-2H3,(H,32,35)(H,33,36)/t24-,25-,27+/m1/s1. The van der Waals surface area contributed by atoms with Crippen molar-refractivity contribution in [2.24, 2.45) is 0 Å². The van der Waals surface area contributed by atoms with Crippen LogP contribution in [0.4, 0.5) is 0 Å². The van der Waals surface area contributed by atoms with Gasteiger partial charge in [0.2, 0.25) is 11.8 Å². The molecule has 0 bridgehead atoms. The van der Waals surface area contributed by atoms with Crippen LogP contribution in [0.5, 0.6) is 0 Å². The minimum absolute atomic E-state index is 0.0911. The Bertz CT molecular complexity index is 1000. The highest BCUT2D eigenvalue weighted by molar-refractivity contribution is 14.1. The maximum atomic E-state index is 13.1. The van der Waals surface area contributed by atoms with Crippen molar-refractivity contribution >= 4 is 40.4 Å². The van der Waals surface area contributed by atoms with Crippen molar-refractivity contribution in [3.8, 4) is 0 Å². The summed E-state index contributed by atoms with van der Waals surface area (Å²) in [4.78, 5) is 38.1. The molecule has 2 aliphatic rings. The highest BCUT2D eigenvalue weighted by Gasteiger charge is 2.52. The Hall–Kier alpha value is -2.02. The fourth-order valence-corrected chi connectivity index (χ4v) is 5.44. The Balaban J connectivity index is 1.78. The lowest BCUT2D eigenvalue weighted by atomic mass is 9.91. The predicted molar refractivity (Wildman–Crippen MR) is 160 cm³/mol. The van der Waals surface area contributed by atoms with Gasteiger partial charge >= 0.3 is 5.97 Å². The molecule has 1 aromatic rings. The molecule has 1 fully saturated rings. The Kier molecular flexibility index (Phi) is 13.3. The van der Waals surface area contributed by atoms with E-state index in [-0.39, 0.29) is 44.4 Å². The van der Waals surface area contributed by atoms with Crippen LogP contribution >= 0.6 is 22.6 Å². The summed E-state index contributed by atoms with van der Waals surface area (Å²) in [5.74, 6) is -1.84. The molecule has 3 N–H and O–H groups in total. The minimum Gasteiger partial charge on any atom is -0.456 e. The van der Waals surface area contributed by atoms with E-state index in [1.807, 2.05) is 12.1 Å². The predicted octanol–water partition coefficient (Wildman–Crippen LogP) is 4.40. The lowest BCUT2D eigenvalue weighted by Gasteiger charge is -2.31. The molecule has 1 aliphatic heterocycles. The second-order valence-electron chi connectivity index (χ2n) is 10.4. The summed E-state index contributed by atoms with van der Waals surface area (Å²) in [7, 11) is 0. The second kappa shape index (κ2) is 16.4.